The van der Waals surface area contributed by atoms with E-state index in [9.17, 15) is 15.0 Å². The summed E-state index contributed by atoms with van der Waals surface area (Å²) in [4.78, 5) is 11.5. The van der Waals surface area contributed by atoms with E-state index in [4.69, 9.17) is 21.1 Å². The molecule has 0 amide bonds. The Hall–Kier alpha value is -1.82. The van der Waals surface area contributed by atoms with Crippen molar-refractivity contribution in [3.05, 3.63) is 62.7 Å². The largest absolute Gasteiger partial charge is 0.502 e. The van der Waals surface area contributed by atoms with Gasteiger partial charge in [-0.3, -0.25) is 4.79 Å². The van der Waals surface area contributed by atoms with E-state index in [1.165, 1.54) is 6.07 Å². The van der Waals surface area contributed by atoms with Gasteiger partial charge in [-0.25, -0.2) is 0 Å². The van der Waals surface area contributed by atoms with Crippen LogP contribution in [0.25, 0.3) is 0 Å². The molecule has 1 aromatic heterocycles. The molecule has 6 heteroatoms. The topological polar surface area (TPSA) is 90.9 Å². The van der Waals surface area contributed by atoms with Crippen LogP contribution in [0.4, 0.5) is 0 Å². The van der Waals surface area contributed by atoms with Crippen molar-refractivity contribution in [3.8, 4) is 5.75 Å². The van der Waals surface area contributed by atoms with Gasteiger partial charge in [-0.05, 0) is 17.7 Å². The first-order valence-corrected chi connectivity index (χ1v) is 5.81. The molecule has 19 heavy (non-hydrogen) atoms. The SMILES string of the molecule is O=c1cc(CO)oc(C(O)c2cccc(Cl)c2)c1O. The van der Waals surface area contributed by atoms with E-state index in [0.717, 1.165) is 6.07 Å². The zero-order chi connectivity index (χ0) is 14.0. The zero-order valence-corrected chi connectivity index (χ0v) is 10.5. The second-order valence-electron chi connectivity index (χ2n) is 3.91. The average Bonchev–Trinajstić information content (AvgIpc) is 2.41. The van der Waals surface area contributed by atoms with Crippen LogP contribution in [-0.2, 0) is 6.61 Å². The molecule has 0 aliphatic heterocycles. The van der Waals surface area contributed by atoms with E-state index in [2.05, 4.69) is 0 Å². The molecule has 0 radical (unpaired) electrons. The first-order valence-electron chi connectivity index (χ1n) is 5.43. The normalized spacial score (nSPS) is 12.4. The fourth-order valence-corrected chi connectivity index (χ4v) is 1.85. The van der Waals surface area contributed by atoms with E-state index in [1.54, 1.807) is 18.2 Å². The molecule has 100 valence electrons. The molecule has 1 unspecified atom stereocenters. The van der Waals surface area contributed by atoms with Crippen molar-refractivity contribution >= 4 is 11.6 Å². The van der Waals surface area contributed by atoms with E-state index in [0.29, 0.717) is 10.6 Å². The fraction of sp³-hybridized carbons (Fsp3) is 0.154. The smallest absolute Gasteiger partial charge is 0.227 e. The van der Waals surface area contributed by atoms with Crippen LogP contribution in [0.5, 0.6) is 5.75 Å². The van der Waals surface area contributed by atoms with Crippen molar-refractivity contribution in [1.29, 1.82) is 0 Å². The summed E-state index contributed by atoms with van der Waals surface area (Å²) < 4.78 is 5.10. The molecule has 0 saturated carbocycles. The van der Waals surface area contributed by atoms with Crippen LogP contribution in [0.15, 0.2) is 39.5 Å². The van der Waals surface area contributed by atoms with Crippen molar-refractivity contribution in [2.24, 2.45) is 0 Å². The summed E-state index contributed by atoms with van der Waals surface area (Å²) in [6.45, 7) is -0.509. The highest BCUT2D eigenvalue weighted by molar-refractivity contribution is 6.30. The lowest BCUT2D eigenvalue weighted by atomic mass is 10.1. The van der Waals surface area contributed by atoms with Gasteiger partial charge >= 0.3 is 0 Å². The molecule has 1 heterocycles. The monoisotopic (exact) mass is 282 g/mol. The molecule has 0 saturated heterocycles. The van der Waals surface area contributed by atoms with Gasteiger partial charge in [0.15, 0.2) is 5.76 Å². The predicted molar refractivity (Wildman–Crippen MR) is 68.1 cm³/mol. The third-order valence-corrected chi connectivity index (χ3v) is 2.80. The van der Waals surface area contributed by atoms with Gasteiger partial charge in [0.05, 0.1) is 0 Å². The van der Waals surface area contributed by atoms with Gasteiger partial charge < -0.3 is 19.7 Å². The second kappa shape index (κ2) is 5.44. The molecule has 5 nitrogen and oxygen atoms in total. The summed E-state index contributed by atoms with van der Waals surface area (Å²) in [5, 5.41) is 29.1. The van der Waals surface area contributed by atoms with Crippen LogP contribution in [0, 0.1) is 0 Å². The second-order valence-corrected chi connectivity index (χ2v) is 4.34. The van der Waals surface area contributed by atoms with E-state index < -0.39 is 23.9 Å². The summed E-state index contributed by atoms with van der Waals surface area (Å²) in [6, 6.07) is 7.26. The number of hydrogen-bond acceptors (Lipinski definition) is 5. The number of aliphatic hydroxyl groups is 2. The highest BCUT2D eigenvalue weighted by atomic mass is 35.5. The van der Waals surface area contributed by atoms with Crippen LogP contribution in [0.3, 0.4) is 0 Å². The molecule has 0 aliphatic rings. The predicted octanol–water partition coefficient (Wildman–Crippen LogP) is 1.57. The molecule has 3 N–H and O–H groups in total. The van der Waals surface area contributed by atoms with E-state index >= 15 is 0 Å². The molecule has 2 rings (SSSR count). The Bertz CT molecular complexity index is 650. The van der Waals surface area contributed by atoms with Crippen LogP contribution in [-0.4, -0.2) is 15.3 Å². The molecule has 1 aromatic carbocycles. The molecular weight excluding hydrogens is 272 g/mol. The molecule has 2 aromatic rings. The standard InChI is InChI=1S/C13H11ClO5/c14-8-3-1-2-7(4-8)11(17)13-12(18)10(16)5-9(6-15)19-13/h1-5,11,15,17-18H,6H2. The van der Waals surface area contributed by atoms with Crippen molar-refractivity contribution in [2.75, 3.05) is 0 Å². The van der Waals surface area contributed by atoms with E-state index in [-0.39, 0.29) is 11.5 Å². The first-order chi connectivity index (χ1) is 9.02. The summed E-state index contributed by atoms with van der Waals surface area (Å²) in [5.74, 6) is -1.05. The lowest BCUT2D eigenvalue weighted by Gasteiger charge is -2.12. The van der Waals surface area contributed by atoms with Gasteiger partial charge in [0.25, 0.3) is 0 Å². The van der Waals surface area contributed by atoms with Gasteiger partial charge in [0, 0.05) is 11.1 Å². The molecule has 0 aliphatic carbocycles. The van der Waals surface area contributed by atoms with Crippen molar-refractivity contribution in [2.45, 2.75) is 12.7 Å². The van der Waals surface area contributed by atoms with Gasteiger partial charge in [-0.2, -0.15) is 0 Å². The Morgan fingerprint density at radius 1 is 1.32 bits per heavy atom. The van der Waals surface area contributed by atoms with Crippen molar-refractivity contribution < 1.29 is 19.7 Å². The van der Waals surface area contributed by atoms with E-state index in [1.807, 2.05) is 0 Å². The summed E-state index contributed by atoms with van der Waals surface area (Å²) in [7, 11) is 0. The summed E-state index contributed by atoms with van der Waals surface area (Å²) >= 11 is 5.80. The van der Waals surface area contributed by atoms with Crippen LogP contribution >= 0.6 is 11.6 Å². The maximum atomic E-state index is 11.5. The lowest BCUT2D eigenvalue weighted by Crippen LogP contribution is -2.09. The molecule has 1 atom stereocenters. The Morgan fingerprint density at radius 3 is 2.68 bits per heavy atom. The van der Waals surface area contributed by atoms with Crippen LogP contribution in [0.2, 0.25) is 5.02 Å². The number of rotatable bonds is 3. The number of benzene rings is 1. The minimum atomic E-state index is -1.35. The highest BCUT2D eigenvalue weighted by Gasteiger charge is 2.21. The van der Waals surface area contributed by atoms with Gasteiger partial charge in [-0.15, -0.1) is 0 Å². The number of aliphatic hydroxyl groups excluding tert-OH is 2. The third-order valence-electron chi connectivity index (χ3n) is 2.57. The Kier molecular flexibility index (Phi) is 3.90. The van der Waals surface area contributed by atoms with Gasteiger partial charge in [-0.1, -0.05) is 23.7 Å². The number of hydrogen-bond donors (Lipinski definition) is 3. The molecule has 0 fully saturated rings. The quantitative estimate of drug-likeness (QED) is 0.795. The zero-order valence-electron chi connectivity index (χ0n) is 9.71. The first kappa shape index (κ1) is 13.6. The van der Waals surface area contributed by atoms with Crippen LogP contribution in [0.1, 0.15) is 23.2 Å². The number of halogens is 1. The summed E-state index contributed by atoms with van der Waals surface area (Å²) in [5.41, 5.74) is -0.368. The average molecular weight is 283 g/mol. The highest BCUT2D eigenvalue weighted by Crippen LogP contribution is 2.29. The Morgan fingerprint density at radius 2 is 2.05 bits per heavy atom. The van der Waals surface area contributed by atoms with Crippen LogP contribution < -0.4 is 5.43 Å². The van der Waals surface area contributed by atoms with Gasteiger partial charge in [0.1, 0.15) is 18.5 Å². The van der Waals surface area contributed by atoms with Gasteiger partial charge in [0.2, 0.25) is 11.2 Å². The minimum Gasteiger partial charge on any atom is -0.502 e. The fourth-order valence-electron chi connectivity index (χ4n) is 1.65. The minimum absolute atomic E-state index is 0.0427. The van der Waals surface area contributed by atoms with Crippen molar-refractivity contribution in [3.63, 3.8) is 0 Å². The molecule has 0 bridgehead atoms. The molecule has 0 spiro atoms. The molecular formula is C13H11ClO5. The third kappa shape index (κ3) is 2.78. The maximum absolute atomic E-state index is 11.5. The summed E-state index contributed by atoms with van der Waals surface area (Å²) in [6.07, 6.45) is -1.35. The van der Waals surface area contributed by atoms with Crippen molar-refractivity contribution in [1.82, 2.24) is 0 Å². The Labute approximate surface area is 113 Å². The lowest BCUT2D eigenvalue weighted by molar-refractivity contribution is 0.163. The number of aromatic hydroxyl groups is 1. The maximum Gasteiger partial charge on any atom is 0.227 e. The Balaban J connectivity index is 2.52.